The molecule has 3 heterocycles. The minimum absolute atomic E-state index is 0.00711. The number of primary amides is 1. The number of fused-ring (bicyclic) bond motifs is 4. The second kappa shape index (κ2) is 7.23. The smallest absolute Gasteiger partial charge is 0.291 e. The average Bonchev–Trinajstić information content (AvgIpc) is 3.34. The minimum Gasteiger partial charge on any atom is -0.370 e. The lowest BCUT2D eigenvalue weighted by molar-refractivity contribution is -0.734. The van der Waals surface area contributed by atoms with Gasteiger partial charge in [0.05, 0.1) is 12.2 Å². The molecule has 0 unspecified atom stereocenters. The van der Waals surface area contributed by atoms with Gasteiger partial charge in [-0.25, -0.2) is 4.39 Å². The van der Waals surface area contributed by atoms with Crippen molar-refractivity contribution >= 4 is 29.3 Å². The van der Waals surface area contributed by atoms with Crippen LogP contribution in [0, 0.1) is 17.7 Å². The lowest BCUT2D eigenvalue weighted by Gasteiger charge is -2.26. The zero-order valence-corrected chi connectivity index (χ0v) is 17.1. The Hall–Kier alpha value is -3.59. The van der Waals surface area contributed by atoms with Gasteiger partial charge in [-0.15, -0.1) is 0 Å². The molecule has 0 radical (unpaired) electrons. The maximum Gasteiger partial charge on any atom is 0.291 e. The first-order valence-electron chi connectivity index (χ1n) is 10.5. The number of imide groups is 1. The predicted octanol–water partition coefficient (Wildman–Crippen LogP) is -0.0144. The van der Waals surface area contributed by atoms with E-state index in [0.717, 1.165) is 4.90 Å². The number of hydrogen-bond donors (Lipinski definition) is 3. The van der Waals surface area contributed by atoms with Crippen LogP contribution in [0.15, 0.2) is 48.5 Å². The molecule has 164 valence electrons. The standard InChI is InChI=1S/C23H21FN4O4/c24-13-7-5-12(6-8-13)11-28-20(30)18-16(9-10-17(25)29)27-23(19(18)21(28)31)14-3-1-2-4-15(14)26-22(23)32/h1-8,16,18-19,27H,9-11H2,(H2,25,29)(H,26,32)/p+1/t16-,18+,19-,23-/m0/s1. The number of likely N-dealkylation sites (tertiary alicyclic amines) is 1. The Bertz CT molecular complexity index is 1150. The van der Waals surface area contributed by atoms with Crippen molar-refractivity contribution in [3.8, 4) is 0 Å². The van der Waals surface area contributed by atoms with Gasteiger partial charge < -0.3 is 16.4 Å². The number of para-hydroxylation sites is 1. The molecule has 2 aromatic rings. The SMILES string of the molecule is NC(=O)CC[C@@H]1[NH2+][C@]2(C(=O)Nc3ccccc32)[C@@H]2C(=O)N(Cc3ccc(F)cc3)C(=O)[C@H]12. The second-order valence-electron chi connectivity index (χ2n) is 8.60. The summed E-state index contributed by atoms with van der Waals surface area (Å²) in [5.41, 5.74) is 5.93. The largest absolute Gasteiger partial charge is 0.370 e. The molecule has 3 aliphatic rings. The van der Waals surface area contributed by atoms with E-state index >= 15 is 0 Å². The molecular weight excluding hydrogens is 415 g/mol. The Morgan fingerprint density at radius 1 is 1.09 bits per heavy atom. The molecule has 2 saturated heterocycles. The fourth-order valence-electron chi connectivity index (χ4n) is 5.48. The number of anilines is 1. The van der Waals surface area contributed by atoms with Gasteiger partial charge in [0, 0.05) is 18.4 Å². The maximum atomic E-state index is 13.6. The van der Waals surface area contributed by atoms with Crippen LogP contribution in [0.5, 0.6) is 0 Å². The van der Waals surface area contributed by atoms with E-state index < -0.39 is 41.0 Å². The molecule has 3 aliphatic heterocycles. The fourth-order valence-corrected chi connectivity index (χ4v) is 5.48. The molecule has 0 saturated carbocycles. The van der Waals surface area contributed by atoms with E-state index in [1.54, 1.807) is 29.6 Å². The first-order valence-corrected chi connectivity index (χ1v) is 10.5. The van der Waals surface area contributed by atoms with E-state index in [0.29, 0.717) is 16.8 Å². The molecular formula is C23H22FN4O4+. The zero-order valence-electron chi connectivity index (χ0n) is 17.1. The van der Waals surface area contributed by atoms with Crippen LogP contribution in [0.3, 0.4) is 0 Å². The number of amides is 4. The molecule has 1 spiro atoms. The maximum absolute atomic E-state index is 13.6. The van der Waals surface area contributed by atoms with Crippen LogP contribution in [0.25, 0.3) is 0 Å². The van der Waals surface area contributed by atoms with Crippen molar-refractivity contribution in [3.05, 3.63) is 65.5 Å². The third-order valence-corrected chi connectivity index (χ3v) is 6.85. The molecule has 8 nitrogen and oxygen atoms in total. The molecule has 9 heteroatoms. The van der Waals surface area contributed by atoms with Crippen LogP contribution in [0.1, 0.15) is 24.0 Å². The Labute approximate surface area is 182 Å². The summed E-state index contributed by atoms with van der Waals surface area (Å²) in [5, 5.41) is 4.62. The van der Waals surface area contributed by atoms with Gasteiger partial charge in [-0.3, -0.25) is 24.1 Å². The van der Waals surface area contributed by atoms with Gasteiger partial charge in [-0.2, -0.15) is 0 Å². The van der Waals surface area contributed by atoms with E-state index in [2.05, 4.69) is 5.32 Å². The van der Waals surface area contributed by atoms with Gasteiger partial charge in [-0.1, -0.05) is 30.3 Å². The van der Waals surface area contributed by atoms with Crippen LogP contribution >= 0.6 is 0 Å². The summed E-state index contributed by atoms with van der Waals surface area (Å²) in [7, 11) is 0. The number of carbonyl (C=O) groups excluding carboxylic acids is 4. The van der Waals surface area contributed by atoms with Gasteiger partial charge >= 0.3 is 0 Å². The summed E-state index contributed by atoms with van der Waals surface area (Å²) in [6.45, 7) is -0.00711. The molecule has 4 atom stereocenters. The summed E-state index contributed by atoms with van der Waals surface area (Å²) in [6, 6.07) is 12.3. The van der Waals surface area contributed by atoms with Crippen LogP contribution in [-0.2, 0) is 31.3 Å². The van der Waals surface area contributed by atoms with E-state index in [4.69, 9.17) is 5.73 Å². The number of halogens is 1. The number of quaternary nitrogens is 1. The first kappa shape index (κ1) is 20.3. The molecule has 32 heavy (non-hydrogen) atoms. The van der Waals surface area contributed by atoms with Crippen molar-refractivity contribution in [1.29, 1.82) is 0 Å². The highest BCUT2D eigenvalue weighted by molar-refractivity contribution is 6.13. The summed E-state index contributed by atoms with van der Waals surface area (Å²) in [6.07, 6.45) is 0.320. The third-order valence-electron chi connectivity index (χ3n) is 6.85. The summed E-state index contributed by atoms with van der Waals surface area (Å²) in [5.74, 6) is -3.76. The minimum atomic E-state index is -1.28. The van der Waals surface area contributed by atoms with Crippen LogP contribution in [-0.4, -0.2) is 34.6 Å². The topological polar surface area (TPSA) is 126 Å². The van der Waals surface area contributed by atoms with Gasteiger partial charge in [0.2, 0.25) is 23.3 Å². The molecule has 5 N–H and O–H groups in total. The van der Waals surface area contributed by atoms with E-state index in [1.165, 1.54) is 24.3 Å². The first-order chi connectivity index (χ1) is 15.3. The van der Waals surface area contributed by atoms with Gasteiger partial charge in [0.15, 0.2) is 0 Å². The van der Waals surface area contributed by atoms with Crippen LogP contribution < -0.4 is 16.4 Å². The summed E-state index contributed by atoms with van der Waals surface area (Å²) >= 11 is 0. The van der Waals surface area contributed by atoms with Crippen molar-refractivity contribution in [2.75, 3.05) is 5.32 Å². The molecule has 0 aliphatic carbocycles. The number of nitrogens with two attached hydrogens (primary N) is 2. The number of nitrogens with one attached hydrogen (secondary N) is 1. The summed E-state index contributed by atoms with van der Waals surface area (Å²) < 4.78 is 13.3. The number of carbonyl (C=O) groups is 4. The van der Waals surface area contributed by atoms with Crippen LogP contribution in [0.4, 0.5) is 10.1 Å². The second-order valence-corrected chi connectivity index (χ2v) is 8.60. The molecule has 2 aromatic carbocycles. The van der Waals surface area contributed by atoms with Gasteiger partial charge in [-0.05, 0) is 23.8 Å². The Morgan fingerprint density at radius 3 is 2.53 bits per heavy atom. The lowest BCUT2D eigenvalue weighted by Crippen LogP contribution is -2.99. The molecule has 0 bridgehead atoms. The van der Waals surface area contributed by atoms with Crippen molar-refractivity contribution in [1.82, 2.24) is 4.90 Å². The van der Waals surface area contributed by atoms with Gasteiger partial charge in [0.1, 0.15) is 23.7 Å². The van der Waals surface area contributed by atoms with E-state index in [-0.39, 0.29) is 31.2 Å². The van der Waals surface area contributed by atoms with Crippen molar-refractivity contribution < 1.29 is 28.9 Å². The number of nitrogens with zero attached hydrogens (tertiary/aromatic N) is 1. The Kier molecular flexibility index (Phi) is 4.59. The highest BCUT2D eigenvalue weighted by atomic mass is 19.1. The van der Waals surface area contributed by atoms with Crippen LogP contribution in [0.2, 0.25) is 0 Å². The monoisotopic (exact) mass is 437 g/mol. The summed E-state index contributed by atoms with van der Waals surface area (Å²) in [4.78, 5) is 52.9. The normalized spacial score (nSPS) is 28.2. The number of benzene rings is 2. The zero-order chi connectivity index (χ0) is 22.6. The van der Waals surface area contributed by atoms with Crippen molar-refractivity contribution in [2.24, 2.45) is 17.6 Å². The Morgan fingerprint density at radius 2 is 1.81 bits per heavy atom. The Balaban J connectivity index is 1.56. The van der Waals surface area contributed by atoms with E-state index in [1.807, 2.05) is 0 Å². The quantitative estimate of drug-likeness (QED) is 0.569. The van der Waals surface area contributed by atoms with Crippen molar-refractivity contribution in [2.45, 2.75) is 31.0 Å². The molecule has 4 amide bonds. The average molecular weight is 437 g/mol. The van der Waals surface area contributed by atoms with Crippen molar-refractivity contribution in [3.63, 3.8) is 0 Å². The fraction of sp³-hybridized carbons (Fsp3) is 0.304. The highest BCUT2D eigenvalue weighted by Crippen LogP contribution is 2.49. The number of hydrogen-bond acceptors (Lipinski definition) is 4. The third kappa shape index (κ3) is 2.85. The number of rotatable bonds is 5. The molecule has 2 fully saturated rings. The van der Waals surface area contributed by atoms with E-state index in [9.17, 15) is 23.6 Å². The molecule has 5 rings (SSSR count). The predicted molar refractivity (Wildman–Crippen MR) is 110 cm³/mol. The highest BCUT2D eigenvalue weighted by Gasteiger charge is 2.73. The van der Waals surface area contributed by atoms with Gasteiger partial charge in [0.25, 0.3) is 5.91 Å². The lowest BCUT2D eigenvalue weighted by atomic mass is 9.76. The molecule has 0 aromatic heterocycles.